The van der Waals surface area contributed by atoms with Gasteiger partial charge in [-0.05, 0) is 36.4 Å². The molecule has 1 amide bonds. The number of nitrogens with zero attached hydrogens (tertiary/aromatic N) is 3. The summed E-state index contributed by atoms with van der Waals surface area (Å²) in [6.07, 6.45) is 4.12. The van der Waals surface area contributed by atoms with Gasteiger partial charge in [0.1, 0.15) is 0 Å². The second-order valence-electron chi connectivity index (χ2n) is 6.70. The van der Waals surface area contributed by atoms with Gasteiger partial charge < -0.3 is 4.57 Å². The molecule has 0 N–H and O–H groups in total. The van der Waals surface area contributed by atoms with Gasteiger partial charge in [-0.1, -0.05) is 48.0 Å². The first-order valence-electron chi connectivity index (χ1n) is 8.84. The summed E-state index contributed by atoms with van der Waals surface area (Å²) in [5.41, 5.74) is 4.74. The van der Waals surface area contributed by atoms with Gasteiger partial charge in [-0.25, -0.2) is 0 Å². The highest BCUT2D eigenvalue weighted by atomic mass is 32.2. The topological polar surface area (TPSA) is 37.6 Å². The zero-order chi connectivity index (χ0) is 19.0. The van der Waals surface area contributed by atoms with Crippen molar-refractivity contribution in [1.82, 2.24) is 9.47 Å². The smallest absolute Gasteiger partial charge is 0.266 e. The average Bonchev–Trinajstić information content (AvgIpc) is 3.14. The fraction of sp³-hybridized carbons (Fsp3) is 0.182. The van der Waals surface area contributed by atoms with E-state index in [0.717, 1.165) is 22.7 Å². The molecule has 0 atom stereocenters. The molecule has 5 heteroatoms. The molecule has 0 saturated carbocycles. The molecule has 1 aromatic heterocycles. The van der Waals surface area contributed by atoms with E-state index < -0.39 is 0 Å². The maximum Gasteiger partial charge on any atom is 0.266 e. The Morgan fingerprint density at radius 1 is 1.15 bits per heavy atom. The molecular formula is C22H21N3OS. The lowest BCUT2D eigenvalue weighted by Gasteiger charge is -2.06. The van der Waals surface area contributed by atoms with Gasteiger partial charge >= 0.3 is 0 Å². The molecule has 3 aromatic rings. The van der Waals surface area contributed by atoms with E-state index in [2.05, 4.69) is 65.1 Å². The van der Waals surface area contributed by atoms with Gasteiger partial charge in [0.25, 0.3) is 5.91 Å². The van der Waals surface area contributed by atoms with Gasteiger partial charge in [0.15, 0.2) is 5.17 Å². The van der Waals surface area contributed by atoms with Crippen LogP contribution in [0.3, 0.4) is 0 Å². The van der Waals surface area contributed by atoms with Crippen molar-refractivity contribution < 1.29 is 4.79 Å². The number of aliphatic imine (C=N–C) groups is 1. The minimum atomic E-state index is -0.00360. The van der Waals surface area contributed by atoms with E-state index >= 15 is 0 Å². The molecule has 1 saturated heterocycles. The quantitative estimate of drug-likeness (QED) is 0.631. The average molecular weight is 375 g/mol. The van der Waals surface area contributed by atoms with Crippen LogP contribution in [0.2, 0.25) is 0 Å². The predicted molar refractivity (Wildman–Crippen MR) is 114 cm³/mol. The molecule has 27 heavy (non-hydrogen) atoms. The lowest BCUT2D eigenvalue weighted by molar-refractivity contribution is -0.121. The van der Waals surface area contributed by atoms with E-state index in [9.17, 15) is 4.79 Å². The Hall–Kier alpha value is -2.79. The Morgan fingerprint density at radius 3 is 2.70 bits per heavy atom. The molecule has 4 rings (SSSR count). The van der Waals surface area contributed by atoms with E-state index in [1.165, 1.54) is 28.4 Å². The SMILES string of the molecule is CN=C1S/C(=C/c2cn(Cc3cccc(C)c3)c3ccccc23)C(=O)N1C. The second-order valence-corrected chi connectivity index (χ2v) is 7.71. The van der Waals surface area contributed by atoms with Gasteiger partial charge in [0.05, 0.1) is 4.91 Å². The number of para-hydroxylation sites is 1. The van der Waals surface area contributed by atoms with Crippen molar-refractivity contribution >= 4 is 39.8 Å². The van der Waals surface area contributed by atoms with Crippen molar-refractivity contribution in [3.05, 3.63) is 76.3 Å². The van der Waals surface area contributed by atoms with Crippen LogP contribution in [-0.4, -0.2) is 34.6 Å². The molecule has 2 heterocycles. The summed E-state index contributed by atoms with van der Waals surface area (Å²) < 4.78 is 2.25. The number of amidine groups is 1. The fourth-order valence-corrected chi connectivity index (χ4v) is 4.34. The van der Waals surface area contributed by atoms with Crippen molar-refractivity contribution in [2.45, 2.75) is 13.5 Å². The number of fused-ring (bicyclic) bond motifs is 1. The largest absolute Gasteiger partial charge is 0.342 e. The number of aryl methyl sites for hydroxylation is 1. The maximum atomic E-state index is 12.5. The Morgan fingerprint density at radius 2 is 1.96 bits per heavy atom. The van der Waals surface area contributed by atoms with Gasteiger partial charge in [0.2, 0.25) is 0 Å². The number of likely N-dealkylation sites (N-methyl/N-ethyl adjacent to an activating group) is 1. The normalized spacial score (nSPS) is 17.6. The molecule has 1 aliphatic rings. The monoisotopic (exact) mass is 375 g/mol. The number of hydrogen-bond acceptors (Lipinski definition) is 3. The summed E-state index contributed by atoms with van der Waals surface area (Å²) in [7, 11) is 3.47. The van der Waals surface area contributed by atoms with E-state index in [1.807, 2.05) is 12.1 Å². The van der Waals surface area contributed by atoms with Crippen molar-refractivity contribution in [3.8, 4) is 0 Å². The Bertz CT molecular complexity index is 1090. The van der Waals surface area contributed by atoms with Gasteiger partial charge in [-0.3, -0.25) is 14.7 Å². The van der Waals surface area contributed by atoms with Gasteiger partial charge in [-0.2, -0.15) is 0 Å². The highest BCUT2D eigenvalue weighted by Gasteiger charge is 2.30. The molecular weight excluding hydrogens is 354 g/mol. The number of carbonyl (C=O) groups is 1. The van der Waals surface area contributed by atoms with Crippen LogP contribution < -0.4 is 0 Å². The number of benzene rings is 2. The van der Waals surface area contributed by atoms with E-state index in [1.54, 1.807) is 19.0 Å². The molecule has 0 bridgehead atoms. The zero-order valence-electron chi connectivity index (χ0n) is 15.6. The standard InChI is InChI=1S/C22H21N3OS/c1-15-7-6-8-16(11-15)13-25-14-17(18-9-4-5-10-19(18)25)12-20-21(26)24(3)22(23-2)27-20/h4-12,14H,13H2,1-3H3/b20-12+,23-22?. The highest BCUT2D eigenvalue weighted by molar-refractivity contribution is 8.18. The van der Waals surface area contributed by atoms with E-state index in [0.29, 0.717) is 4.91 Å². The van der Waals surface area contributed by atoms with Crippen molar-refractivity contribution in [1.29, 1.82) is 0 Å². The summed E-state index contributed by atoms with van der Waals surface area (Å²) in [6, 6.07) is 16.9. The summed E-state index contributed by atoms with van der Waals surface area (Å²) in [6.45, 7) is 2.91. The number of carbonyl (C=O) groups excluding carboxylic acids is 1. The van der Waals surface area contributed by atoms with Crippen molar-refractivity contribution in [2.75, 3.05) is 14.1 Å². The van der Waals surface area contributed by atoms with Crippen LogP contribution in [0.15, 0.2) is 64.6 Å². The fourth-order valence-electron chi connectivity index (χ4n) is 3.42. The zero-order valence-corrected chi connectivity index (χ0v) is 16.5. The minimum Gasteiger partial charge on any atom is -0.342 e. The Kier molecular flexibility index (Phi) is 4.62. The third-order valence-electron chi connectivity index (χ3n) is 4.74. The van der Waals surface area contributed by atoms with Crippen LogP contribution in [-0.2, 0) is 11.3 Å². The first-order valence-corrected chi connectivity index (χ1v) is 9.66. The second kappa shape index (κ2) is 7.08. The highest BCUT2D eigenvalue weighted by Crippen LogP contribution is 2.33. The number of amides is 1. The van der Waals surface area contributed by atoms with Crippen LogP contribution in [0, 0.1) is 6.92 Å². The number of rotatable bonds is 3. The van der Waals surface area contributed by atoms with Crippen molar-refractivity contribution in [3.63, 3.8) is 0 Å². The molecule has 0 aliphatic carbocycles. The third-order valence-corrected chi connectivity index (χ3v) is 5.89. The van der Waals surface area contributed by atoms with Crippen LogP contribution in [0.4, 0.5) is 0 Å². The number of aromatic nitrogens is 1. The van der Waals surface area contributed by atoms with Crippen LogP contribution in [0.25, 0.3) is 17.0 Å². The molecule has 0 spiro atoms. The first-order chi connectivity index (χ1) is 13.1. The molecule has 1 aliphatic heterocycles. The molecule has 0 radical (unpaired) electrons. The van der Waals surface area contributed by atoms with Crippen LogP contribution in [0.1, 0.15) is 16.7 Å². The molecule has 0 unspecified atom stereocenters. The molecule has 4 nitrogen and oxygen atoms in total. The third kappa shape index (κ3) is 3.30. The summed E-state index contributed by atoms with van der Waals surface area (Å²) in [5.74, 6) is -0.00360. The van der Waals surface area contributed by atoms with Gasteiger partial charge in [0, 0.05) is 43.3 Å². The molecule has 2 aromatic carbocycles. The van der Waals surface area contributed by atoms with Crippen LogP contribution in [0.5, 0.6) is 0 Å². The van der Waals surface area contributed by atoms with Crippen LogP contribution >= 0.6 is 11.8 Å². The first kappa shape index (κ1) is 17.6. The van der Waals surface area contributed by atoms with Gasteiger partial charge in [-0.15, -0.1) is 0 Å². The lowest BCUT2D eigenvalue weighted by Crippen LogP contribution is -2.23. The Labute approximate surface area is 163 Å². The maximum absolute atomic E-state index is 12.5. The molecule has 1 fully saturated rings. The minimum absolute atomic E-state index is 0.00360. The Balaban J connectivity index is 1.77. The summed E-state index contributed by atoms with van der Waals surface area (Å²) in [5, 5.41) is 1.88. The van der Waals surface area contributed by atoms with Crippen molar-refractivity contribution in [2.24, 2.45) is 4.99 Å². The summed E-state index contributed by atoms with van der Waals surface area (Å²) >= 11 is 1.42. The number of hydrogen-bond donors (Lipinski definition) is 0. The van der Waals surface area contributed by atoms with E-state index in [-0.39, 0.29) is 5.91 Å². The number of thioether (sulfide) groups is 1. The predicted octanol–water partition coefficient (Wildman–Crippen LogP) is 4.53. The molecule has 136 valence electrons. The summed E-state index contributed by atoms with van der Waals surface area (Å²) in [4.78, 5) is 19.0. The van der Waals surface area contributed by atoms with E-state index in [4.69, 9.17) is 0 Å². The lowest BCUT2D eigenvalue weighted by atomic mass is 10.1.